The molecule has 1 saturated heterocycles. The van der Waals surface area contributed by atoms with E-state index in [9.17, 15) is 0 Å². The molecule has 1 aliphatic rings. The van der Waals surface area contributed by atoms with Crippen LogP contribution in [0.2, 0.25) is 0 Å². The summed E-state index contributed by atoms with van der Waals surface area (Å²) < 4.78 is 32.9. The van der Waals surface area contributed by atoms with Gasteiger partial charge in [-0.05, 0) is 33.0 Å². The average molecular weight is 644 g/mol. The Morgan fingerprint density at radius 2 is 0.833 bits per heavy atom. The summed E-state index contributed by atoms with van der Waals surface area (Å²) in [5.41, 5.74) is 5.14. The van der Waals surface area contributed by atoms with Gasteiger partial charge >= 0.3 is 0 Å². The van der Waals surface area contributed by atoms with Gasteiger partial charge in [-0.2, -0.15) is 0 Å². The molecule has 0 spiro atoms. The second-order valence-electron chi connectivity index (χ2n) is 11.6. The van der Waals surface area contributed by atoms with Crippen molar-refractivity contribution in [2.24, 2.45) is 5.16 Å². The summed E-state index contributed by atoms with van der Waals surface area (Å²) in [5.74, 6) is 0.285. The molecule has 0 unspecified atom stereocenters. The SMILES string of the molecule is c1ccc(COC[C@@H]2O/C(=N/OCc3ccccc3)[C@H](OCc3ccccc3)[C@@H](OCc3ccccc3)[C@@H]2OCc2ccccc2)cc1. The predicted octanol–water partition coefficient (Wildman–Crippen LogP) is 7.89. The molecule has 7 nitrogen and oxygen atoms in total. The smallest absolute Gasteiger partial charge is 0.258 e. The summed E-state index contributed by atoms with van der Waals surface area (Å²) in [6.07, 6.45) is -2.45. The third-order valence-corrected chi connectivity index (χ3v) is 7.97. The van der Waals surface area contributed by atoms with Crippen molar-refractivity contribution >= 4 is 5.90 Å². The maximum Gasteiger partial charge on any atom is 0.258 e. The van der Waals surface area contributed by atoms with Crippen LogP contribution in [-0.2, 0) is 61.6 Å². The Hall–Kier alpha value is -4.79. The minimum Gasteiger partial charge on any atom is -0.468 e. The molecule has 0 aliphatic carbocycles. The van der Waals surface area contributed by atoms with Gasteiger partial charge in [0.1, 0.15) is 18.8 Å². The van der Waals surface area contributed by atoms with Gasteiger partial charge < -0.3 is 28.5 Å². The lowest BCUT2D eigenvalue weighted by atomic mass is 9.98. The Morgan fingerprint density at radius 3 is 1.31 bits per heavy atom. The molecule has 246 valence electrons. The second kappa shape index (κ2) is 17.9. The number of ether oxygens (including phenoxy) is 5. The van der Waals surface area contributed by atoms with Crippen molar-refractivity contribution in [1.29, 1.82) is 0 Å². The molecule has 0 radical (unpaired) electrons. The van der Waals surface area contributed by atoms with Crippen LogP contribution < -0.4 is 0 Å². The molecule has 48 heavy (non-hydrogen) atoms. The number of rotatable bonds is 16. The van der Waals surface area contributed by atoms with Gasteiger partial charge in [0.15, 0.2) is 12.2 Å². The van der Waals surface area contributed by atoms with Crippen LogP contribution in [0, 0.1) is 0 Å². The minimum atomic E-state index is -0.726. The summed E-state index contributed by atoms with van der Waals surface area (Å²) in [7, 11) is 0. The number of hydrogen-bond acceptors (Lipinski definition) is 7. The van der Waals surface area contributed by atoms with E-state index in [2.05, 4.69) is 5.16 Å². The first-order valence-electron chi connectivity index (χ1n) is 16.3. The lowest BCUT2D eigenvalue weighted by Crippen LogP contribution is -2.59. The first-order chi connectivity index (χ1) is 23.8. The zero-order valence-electron chi connectivity index (χ0n) is 26.9. The minimum absolute atomic E-state index is 0.239. The molecule has 5 aromatic rings. The number of nitrogens with zero attached hydrogens (tertiary/aromatic N) is 1. The van der Waals surface area contributed by atoms with Gasteiger partial charge in [-0.25, -0.2) is 0 Å². The number of hydrogen-bond donors (Lipinski definition) is 0. The molecule has 7 heteroatoms. The fourth-order valence-corrected chi connectivity index (χ4v) is 5.47. The third-order valence-electron chi connectivity index (χ3n) is 7.97. The lowest BCUT2D eigenvalue weighted by molar-refractivity contribution is -0.198. The molecule has 5 aromatic carbocycles. The molecule has 0 saturated carbocycles. The average Bonchev–Trinajstić information content (AvgIpc) is 3.15. The first kappa shape index (κ1) is 33.1. The highest BCUT2D eigenvalue weighted by atomic mass is 16.7. The van der Waals surface area contributed by atoms with E-state index >= 15 is 0 Å². The highest BCUT2D eigenvalue weighted by molar-refractivity contribution is 5.82. The van der Waals surface area contributed by atoms with Crippen LogP contribution in [0.25, 0.3) is 0 Å². The first-order valence-corrected chi connectivity index (χ1v) is 16.3. The molecule has 0 bridgehead atoms. The van der Waals surface area contributed by atoms with E-state index < -0.39 is 24.4 Å². The van der Waals surface area contributed by atoms with Crippen LogP contribution in [0.3, 0.4) is 0 Å². The molecule has 6 rings (SSSR count). The fourth-order valence-electron chi connectivity index (χ4n) is 5.47. The Balaban J connectivity index is 1.30. The molecule has 0 amide bonds. The zero-order chi connectivity index (χ0) is 32.6. The van der Waals surface area contributed by atoms with Crippen LogP contribution in [0.15, 0.2) is 157 Å². The van der Waals surface area contributed by atoms with Crippen LogP contribution in [0.4, 0.5) is 0 Å². The molecule has 1 heterocycles. The summed E-state index contributed by atoms with van der Waals surface area (Å²) in [5, 5.41) is 4.52. The molecule has 1 aliphatic heterocycles. The second-order valence-corrected chi connectivity index (χ2v) is 11.6. The maximum atomic E-state index is 6.74. The Bertz CT molecular complexity index is 1640. The molecule has 4 atom stereocenters. The van der Waals surface area contributed by atoms with Crippen molar-refractivity contribution in [1.82, 2.24) is 0 Å². The van der Waals surface area contributed by atoms with Crippen LogP contribution >= 0.6 is 0 Å². The van der Waals surface area contributed by atoms with Crippen molar-refractivity contribution in [2.75, 3.05) is 6.61 Å². The molecule has 1 fully saturated rings. The van der Waals surface area contributed by atoms with Crippen LogP contribution in [0.1, 0.15) is 27.8 Å². The lowest BCUT2D eigenvalue weighted by Gasteiger charge is -2.42. The quantitative estimate of drug-likeness (QED) is 0.102. The van der Waals surface area contributed by atoms with Gasteiger partial charge in [0, 0.05) is 0 Å². The van der Waals surface area contributed by atoms with Gasteiger partial charge in [-0.3, -0.25) is 0 Å². The standard InChI is InChI=1S/C41H41NO6/c1-6-16-32(17-7-1)26-43-31-37-38(44-27-33-18-8-2-9-19-33)39(45-28-34-20-10-3-11-21-34)40(46-29-35-22-12-4-13-23-35)41(48-37)42-47-30-36-24-14-5-15-25-36/h1-25,37-40H,26-31H2/b42-41+/t37-,38+,39-,40+/m0/s1. The van der Waals surface area contributed by atoms with Gasteiger partial charge in [0.25, 0.3) is 5.90 Å². The van der Waals surface area contributed by atoms with Crippen LogP contribution in [-0.4, -0.2) is 36.9 Å². The molecular weight excluding hydrogens is 602 g/mol. The topological polar surface area (TPSA) is 67.7 Å². The van der Waals surface area contributed by atoms with E-state index in [0.29, 0.717) is 26.4 Å². The van der Waals surface area contributed by atoms with E-state index in [1.807, 2.05) is 152 Å². The Morgan fingerprint density at radius 1 is 0.438 bits per heavy atom. The van der Waals surface area contributed by atoms with E-state index in [1.165, 1.54) is 0 Å². The largest absolute Gasteiger partial charge is 0.468 e. The Labute approximate surface area is 282 Å². The van der Waals surface area contributed by atoms with Gasteiger partial charge in [-0.1, -0.05) is 152 Å². The number of oxime groups is 1. The van der Waals surface area contributed by atoms with Gasteiger partial charge in [-0.15, -0.1) is 0 Å². The molecular formula is C41H41NO6. The normalized spacial score (nSPS) is 19.9. The molecule has 0 N–H and O–H groups in total. The summed E-state index contributed by atoms with van der Waals surface area (Å²) in [6.45, 7) is 1.96. The zero-order valence-corrected chi connectivity index (χ0v) is 26.9. The van der Waals surface area contributed by atoms with Crippen LogP contribution in [0.5, 0.6) is 0 Å². The van der Waals surface area contributed by atoms with E-state index in [-0.39, 0.29) is 19.1 Å². The summed E-state index contributed by atoms with van der Waals surface area (Å²) >= 11 is 0. The van der Waals surface area contributed by atoms with Crippen molar-refractivity contribution in [2.45, 2.75) is 57.5 Å². The van der Waals surface area contributed by atoms with E-state index in [4.69, 9.17) is 28.5 Å². The third kappa shape index (κ3) is 9.86. The van der Waals surface area contributed by atoms with E-state index in [0.717, 1.165) is 27.8 Å². The van der Waals surface area contributed by atoms with E-state index in [1.54, 1.807) is 0 Å². The van der Waals surface area contributed by atoms with Crippen molar-refractivity contribution in [3.8, 4) is 0 Å². The summed E-state index contributed by atoms with van der Waals surface area (Å²) in [4.78, 5) is 5.89. The monoisotopic (exact) mass is 643 g/mol. The maximum absolute atomic E-state index is 6.74. The Kier molecular flexibility index (Phi) is 12.4. The summed E-state index contributed by atoms with van der Waals surface area (Å²) in [6, 6.07) is 50.1. The van der Waals surface area contributed by atoms with Crippen molar-refractivity contribution in [3.63, 3.8) is 0 Å². The van der Waals surface area contributed by atoms with Crippen molar-refractivity contribution in [3.05, 3.63) is 179 Å². The highest BCUT2D eigenvalue weighted by Crippen LogP contribution is 2.29. The number of benzene rings is 5. The van der Waals surface area contributed by atoms with Crippen molar-refractivity contribution < 1.29 is 28.5 Å². The van der Waals surface area contributed by atoms with Gasteiger partial charge in [0.05, 0.1) is 33.0 Å². The highest BCUT2D eigenvalue weighted by Gasteiger charge is 2.48. The van der Waals surface area contributed by atoms with Gasteiger partial charge in [0.2, 0.25) is 0 Å². The predicted molar refractivity (Wildman–Crippen MR) is 185 cm³/mol. The fraction of sp³-hybridized carbons (Fsp3) is 0.244. The molecule has 0 aromatic heterocycles.